The van der Waals surface area contributed by atoms with E-state index in [1.165, 1.54) is 4.90 Å². The summed E-state index contributed by atoms with van der Waals surface area (Å²) in [6.07, 6.45) is -1.48. The standard InChI is InChI=1S/C17H12Cl2N4.C16H12Cl2N2O2/c1-10-21-22-16-9-20-17(12-4-2-3-5-14(12)19)13-8-11(18)6-7-15(13)23(10)16;1-20-13-7-6-9(17)8-11(13)14(19-15(21)16(20)22)10-4-2-3-5-12(10)18/h2-8H,9H2,1H3;2-8,15,21H,1H3. The van der Waals surface area contributed by atoms with Gasteiger partial charge in [0.05, 0.1) is 22.8 Å². The third-order valence-electron chi connectivity index (χ3n) is 7.36. The smallest absolute Gasteiger partial charge is 0.278 e. The second kappa shape index (κ2) is 12.7. The summed E-state index contributed by atoms with van der Waals surface area (Å²) < 4.78 is 2.01. The van der Waals surface area contributed by atoms with Crippen molar-refractivity contribution in [2.24, 2.45) is 9.98 Å². The maximum absolute atomic E-state index is 12.2. The van der Waals surface area contributed by atoms with Crippen LogP contribution < -0.4 is 4.90 Å². The van der Waals surface area contributed by atoms with Gasteiger partial charge in [-0.05, 0) is 55.5 Å². The van der Waals surface area contributed by atoms with Gasteiger partial charge in [0.1, 0.15) is 12.4 Å². The van der Waals surface area contributed by atoms with Crippen molar-refractivity contribution in [1.82, 2.24) is 14.8 Å². The van der Waals surface area contributed by atoms with E-state index in [1.807, 2.05) is 60.0 Å². The van der Waals surface area contributed by atoms with Crippen molar-refractivity contribution in [2.45, 2.75) is 19.7 Å². The molecule has 0 saturated carbocycles. The summed E-state index contributed by atoms with van der Waals surface area (Å²) in [4.78, 5) is 22.4. The van der Waals surface area contributed by atoms with Gasteiger partial charge >= 0.3 is 0 Å². The maximum atomic E-state index is 12.2. The molecular weight excluding hydrogens is 654 g/mol. The number of benzene rings is 4. The van der Waals surface area contributed by atoms with Crippen LogP contribution in [0.4, 0.5) is 5.69 Å². The van der Waals surface area contributed by atoms with E-state index in [0.717, 1.165) is 34.2 Å². The number of hydrogen-bond acceptors (Lipinski definition) is 6. The number of aromatic nitrogens is 3. The molecule has 0 fully saturated rings. The number of carbonyl (C=O) groups is 1. The van der Waals surface area contributed by atoms with Crippen LogP contribution in [0, 0.1) is 6.92 Å². The van der Waals surface area contributed by atoms with E-state index in [0.29, 0.717) is 49.2 Å². The molecule has 2 aliphatic rings. The second-order valence-electron chi connectivity index (χ2n) is 10.2. The second-order valence-corrected chi connectivity index (χ2v) is 11.9. The van der Waals surface area contributed by atoms with Gasteiger partial charge in [-0.15, -0.1) is 10.2 Å². The molecule has 0 spiro atoms. The SMILES string of the molecule is CN1C(=O)C(O)N=C(c2ccccc2Cl)c2cc(Cl)ccc21.Cc1nnc2n1-c1ccc(Cl)cc1C(c1ccccc1Cl)=NC2. The first-order valence-electron chi connectivity index (χ1n) is 13.7. The first-order valence-corrected chi connectivity index (χ1v) is 15.2. The maximum Gasteiger partial charge on any atom is 0.278 e. The number of anilines is 1. The van der Waals surface area contributed by atoms with Crippen LogP contribution in [0.1, 0.15) is 33.9 Å². The Kier molecular flexibility index (Phi) is 8.77. The van der Waals surface area contributed by atoms with Crippen molar-refractivity contribution in [3.05, 3.63) is 139 Å². The zero-order chi connectivity index (χ0) is 31.8. The number of amides is 1. The Balaban J connectivity index is 0.000000159. The Morgan fingerprint density at radius 1 is 0.733 bits per heavy atom. The van der Waals surface area contributed by atoms with Crippen LogP contribution >= 0.6 is 46.4 Å². The molecule has 5 aromatic rings. The molecule has 2 aliphatic heterocycles. The number of aliphatic imine (C=N–C) groups is 2. The summed E-state index contributed by atoms with van der Waals surface area (Å²) in [5, 5.41) is 20.7. The Hall–Kier alpha value is -4.05. The molecule has 226 valence electrons. The van der Waals surface area contributed by atoms with Crippen molar-refractivity contribution >= 4 is 69.4 Å². The molecule has 4 aromatic carbocycles. The molecular formula is C33H24Cl4N6O2. The van der Waals surface area contributed by atoms with Gasteiger partial charge in [0.15, 0.2) is 5.82 Å². The van der Waals surface area contributed by atoms with Gasteiger partial charge in [-0.1, -0.05) is 82.8 Å². The monoisotopic (exact) mass is 676 g/mol. The molecule has 1 aromatic heterocycles. The van der Waals surface area contributed by atoms with Gasteiger partial charge in [-0.3, -0.25) is 14.4 Å². The molecule has 1 atom stereocenters. The highest BCUT2D eigenvalue weighted by Crippen LogP contribution is 2.32. The molecule has 0 aliphatic carbocycles. The molecule has 0 bridgehead atoms. The minimum Gasteiger partial charge on any atom is -0.364 e. The average Bonchev–Trinajstić information content (AvgIpc) is 3.27. The Labute approximate surface area is 279 Å². The number of aryl methyl sites for hydroxylation is 1. The van der Waals surface area contributed by atoms with Gasteiger partial charge in [0.2, 0.25) is 6.23 Å². The van der Waals surface area contributed by atoms with E-state index in [1.54, 1.807) is 43.4 Å². The number of hydrogen-bond donors (Lipinski definition) is 1. The van der Waals surface area contributed by atoms with Gasteiger partial charge in [-0.2, -0.15) is 0 Å². The summed E-state index contributed by atoms with van der Waals surface area (Å²) in [5.41, 5.74) is 5.92. The van der Waals surface area contributed by atoms with E-state index < -0.39 is 12.1 Å². The highest BCUT2D eigenvalue weighted by atomic mass is 35.5. The van der Waals surface area contributed by atoms with Gasteiger partial charge < -0.3 is 10.0 Å². The lowest BCUT2D eigenvalue weighted by molar-refractivity contribution is -0.125. The number of halogens is 4. The molecule has 8 nitrogen and oxygen atoms in total. The topological polar surface area (TPSA) is 96.0 Å². The van der Waals surface area contributed by atoms with E-state index in [9.17, 15) is 9.90 Å². The fraction of sp³-hybridized carbons (Fsp3) is 0.121. The third-order valence-corrected chi connectivity index (χ3v) is 8.49. The number of fused-ring (bicyclic) bond motifs is 4. The van der Waals surface area contributed by atoms with E-state index in [2.05, 4.69) is 15.2 Å². The van der Waals surface area contributed by atoms with Crippen LogP contribution in [-0.2, 0) is 11.3 Å². The molecule has 1 N–H and O–H groups in total. The van der Waals surface area contributed by atoms with Crippen molar-refractivity contribution in [2.75, 3.05) is 11.9 Å². The van der Waals surface area contributed by atoms with Crippen molar-refractivity contribution < 1.29 is 9.90 Å². The van der Waals surface area contributed by atoms with Crippen LogP contribution in [0.2, 0.25) is 20.1 Å². The lowest BCUT2D eigenvalue weighted by atomic mass is 10.0. The zero-order valence-electron chi connectivity index (χ0n) is 23.9. The average molecular weight is 678 g/mol. The summed E-state index contributed by atoms with van der Waals surface area (Å²) >= 11 is 25.0. The lowest BCUT2D eigenvalue weighted by Gasteiger charge is -2.18. The van der Waals surface area contributed by atoms with Crippen molar-refractivity contribution in [3.8, 4) is 5.69 Å². The Bertz CT molecular complexity index is 2020. The predicted molar refractivity (Wildman–Crippen MR) is 180 cm³/mol. The largest absolute Gasteiger partial charge is 0.364 e. The van der Waals surface area contributed by atoms with E-state index in [-0.39, 0.29) is 0 Å². The highest BCUT2D eigenvalue weighted by molar-refractivity contribution is 6.37. The van der Waals surface area contributed by atoms with Crippen LogP contribution in [0.15, 0.2) is 94.9 Å². The quantitative estimate of drug-likeness (QED) is 0.211. The third kappa shape index (κ3) is 6.00. The molecule has 12 heteroatoms. The van der Waals surface area contributed by atoms with Gasteiger partial charge in [0, 0.05) is 49.4 Å². The Morgan fingerprint density at radius 3 is 1.91 bits per heavy atom. The van der Waals surface area contributed by atoms with Crippen molar-refractivity contribution in [1.29, 1.82) is 0 Å². The van der Waals surface area contributed by atoms with Crippen LogP contribution in [0.25, 0.3) is 5.69 Å². The van der Waals surface area contributed by atoms with Gasteiger partial charge in [0.25, 0.3) is 5.91 Å². The number of aliphatic hydroxyl groups is 1. The minimum absolute atomic E-state index is 0.438. The van der Waals surface area contributed by atoms with Crippen LogP contribution in [0.5, 0.6) is 0 Å². The fourth-order valence-electron chi connectivity index (χ4n) is 5.23. The zero-order valence-corrected chi connectivity index (χ0v) is 26.9. The van der Waals surface area contributed by atoms with Gasteiger partial charge in [-0.25, -0.2) is 4.99 Å². The first kappa shape index (κ1) is 31.0. The number of aliphatic hydroxyl groups excluding tert-OH is 1. The summed E-state index contributed by atoms with van der Waals surface area (Å²) in [5.74, 6) is 1.11. The summed E-state index contributed by atoms with van der Waals surface area (Å²) in [7, 11) is 1.59. The normalized spacial score (nSPS) is 15.4. The molecule has 1 amide bonds. The molecule has 3 heterocycles. The molecule has 0 radical (unpaired) electrons. The number of rotatable bonds is 2. The number of likely N-dealkylation sites (N-methyl/N-ethyl adjacent to an activating group) is 1. The number of benzodiazepines with no additional fused rings is 1. The lowest BCUT2D eigenvalue weighted by Crippen LogP contribution is -2.34. The summed E-state index contributed by atoms with van der Waals surface area (Å²) in [6, 6.07) is 25.7. The van der Waals surface area contributed by atoms with Crippen LogP contribution in [0.3, 0.4) is 0 Å². The first-order chi connectivity index (χ1) is 21.6. The van der Waals surface area contributed by atoms with E-state index in [4.69, 9.17) is 51.4 Å². The molecule has 45 heavy (non-hydrogen) atoms. The minimum atomic E-state index is -1.48. The van der Waals surface area contributed by atoms with Crippen LogP contribution in [-0.4, -0.2) is 50.5 Å². The highest BCUT2D eigenvalue weighted by Gasteiger charge is 2.29. The molecule has 1 unspecified atom stereocenters. The molecule has 7 rings (SSSR count). The Morgan fingerprint density at radius 2 is 1.29 bits per heavy atom. The fourth-order valence-corrected chi connectivity index (χ4v) is 6.03. The molecule has 0 saturated heterocycles. The van der Waals surface area contributed by atoms with Crippen molar-refractivity contribution in [3.63, 3.8) is 0 Å². The number of carbonyl (C=O) groups excluding carboxylic acids is 1. The van der Waals surface area contributed by atoms with E-state index >= 15 is 0 Å². The predicted octanol–water partition coefficient (Wildman–Crippen LogP) is 7.36. The number of nitrogens with zero attached hydrogens (tertiary/aromatic N) is 6. The summed E-state index contributed by atoms with van der Waals surface area (Å²) in [6.45, 7) is 2.36.